The Hall–Kier alpha value is -3.38. The summed E-state index contributed by atoms with van der Waals surface area (Å²) >= 11 is 0. The third kappa shape index (κ3) is 6.54. The standard InChI is InChI=1S/C32H39N3O3/c1-37-28-14-12-26(13-15-28)24-34-22-23-38-30-11-3-2-8-27(30)9-4-6-16-32(25-34)17-20-35(21-18-32)31(36)29-10-5-7-19-33-29/h2-3,5,7-8,10-15,19H,4,6,9,16-18,20-25H2,1H3. The number of benzene rings is 2. The van der Waals surface area contributed by atoms with E-state index in [4.69, 9.17) is 9.47 Å². The predicted molar refractivity (Wildman–Crippen MR) is 150 cm³/mol. The second-order valence-electron chi connectivity index (χ2n) is 10.7. The molecule has 1 spiro atoms. The monoisotopic (exact) mass is 513 g/mol. The molecule has 0 N–H and O–H groups in total. The van der Waals surface area contributed by atoms with Crippen LogP contribution in [0.2, 0.25) is 0 Å². The van der Waals surface area contributed by atoms with E-state index in [1.165, 1.54) is 24.0 Å². The maximum absolute atomic E-state index is 13.1. The quantitative estimate of drug-likeness (QED) is 0.453. The number of amides is 1. The maximum Gasteiger partial charge on any atom is 0.272 e. The van der Waals surface area contributed by atoms with Gasteiger partial charge in [0.1, 0.15) is 23.8 Å². The van der Waals surface area contributed by atoms with Crippen molar-refractivity contribution in [2.24, 2.45) is 5.41 Å². The highest BCUT2D eigenvalue weighted by Gasteiger charge is 2.37. The van der Waals surface area contributed by atoms with Gasteiger partial charge >= 0.3 is 0 Å². The molecule has 2 aliphatic heterocycles. The van der Waals surface area contributed by atoms with Crippen LogP contribution in [0.5, 0.6) is 11.5 Å². The number of carbonyl (C=O) groups excluding carboxylic acids is 1. The molecule has 1 saturated heterocycles. The van der Waals surface area contributed by atoms with Gasteiger partial charge in [0, 0.05) is 38.9 Å². The zero-order valence-electron chi connectivity index (χ0n) is 22.5. The number of nitrogens with zero attached hydrogens (tertiary/aromatic N) is 3. The van der Waals surface area contributed by atoms with Crippen LogP contribution in [0.1, 0.15) is 53.7 Å². The molecule has 5 rings (SSSR count). The van der Waals surface area contributed by atoms with Gasteiger partial charge in [0.05, 0.1) is 7.11 Å². The van der Waals surface area contributed by atoms with Crippen molar-refractivity contribution in [1.29, 1.82) is 0 Å². The average molecular weight is 514 g/mol. The lowest BCUT2D eigenvalue weighted by molar-refractivity contribution is 0.0357. The number of pyridine rings is 1. The summed E-state index contributed by atoms with van der Waals surface area (Å²) in [6.45, 7) is 4.96. The molecule has 0 aliphatic carbocycles. The van der Waals surface area contributed by atoms with Gasteiger partial charge in [-0.1, -0.05) is 42.8 Å². The summed E-state index contributed by atoms with van der Waals surface area (Å²) < 4.78 is 11.7. The minimum atomic E-state index is 0.0497. The summed E-state index contributed by atoms with van der Waals surface area (Å²) in [7, 11) is 1.70. The van der Waals surface area contributed by atoms with Crippen molar-refractivity contribution >= 4 is 5.91 Å². The fraction of sp³-hybridized carbons (Fsp3) is 0.438. The van der Waals surface area contributed by atoms with E-state index in [-0.39, 0.29) is 11.3 Å². The van der Waals surface area contributed by atoms with Gasteiger partial charge in [-0.15, -0.1) is 0 Å². The molecule has 0 bridgehead atoms. The lowest BCUT2D eigenvalue weighted by atomic mass is 9.73. The lowest BCUT2D eigenvalue weighted by Gasteiger charge is -2.45. The molecule has 1 amide bonds. The summed E-state index contributed by atoms with van der Waals surface area (Å²) in [6, 6.07) is 22.4. The van der Waals surface area contributed by atoms with Crippen LogP contribution in [0, 0.1) is 5.41 Å². The van der Waals surface area contributed by atoms with E-state index >= 15 is 0 Å². The molecule has 6 nitrogen and oxygen atoms in total. The largest absolute Gasteiger partial charge is 0.497 e. The fourth-order valence-corrected chi connectivity index (χ4v) is 5.95. The molecule has 0 radical (unpaired) electrons. The molecule has 6 heteroatoms. The number of likely N-dealkylation sites (tertiary alicyclic amines) is 1. The summed E-state index contributed by atoms with van der Waals surface area (Å²) in [5.74, 6) is 1.95. The van der Waals surface area contributed by atoms with E-state index in [0.717, 1.165) is 69.9 Å². The zero-order valence-corrected chi connectivity index (χ0v) is 22.5. The van der Waals surface area contributed by atoms with E-state index in [0.29, 0.717) is 12.3 Å². The predicted octanol–water partition coefficient (Wildman–Crippen LogP) is 5.62. The van der Waals surface area contributed by atoms with Crippen molar-refractivity contribution in [2.45, 2.75) is 45.1 Å². The number of aryl methyl sites for hydroxylation is 1. The number of rotatable bonds is 4. The van der Waals surface area contributed by atoms with Crippen LogP contribution in [0.15, 0.2) is 72.9 Å². The van der Waals surface area contributed by atoms with E-state index < -0.39 is 0 Å². The van der Waals surface area contributed by atoms with Crippen molar-refractivity contribution < 1.29 is 14.3 Å². The molecule has 0 atom stereocenters. The second kappa shape index (κ2) is 12.4. The van der Waals surface area contributed by atoms with E-state index in [1.807, 2.05) is 35.2 Å². The Morgan fingerprint density at radius 1 is 0.947 bits per heavy atom. The Kier molecular flexibility index (Phi) is 8.59. The normalized spacial score (nSPS) is 18.5. The van der Waals surface area contributed by atoms with E-state index in [2.05, 4.69) is 46.3 Å². The minimum Gasteiger partial charge on any atom is -0.497 e. The van der Waals surface area contributed by atoms with Crippen LogP contribution < -0.4 is 9.47 Å². The summed E-state index contributed by atoms with van der Waals surface area (Å²) in [5.41, 5.74) is 3.31. The molecule has 2 aliphatic rings. The minimum absolute atomic E-state index is 0.0497. The third-order valence-electron chi connectivity index (χ3n) is 8.16. The molecule has 3 aromatic rings. The number of fused-ring (bicyclic) bond motifs is 1. The first-order chi connectivity index (χ1) is 18.6. The van der Waals surface area contributed by atoms with Crippen LogP contribution in [0.4, 0.5) is 0 Å². The summed E-state index contributed by atoms with van der Waals surface area (Å²) in [5, 5.41) is 0. The number of ether oxygens (including phenoxy) is 2. The molecular weight excluding hydrogens is 474 g/mol. The third-order valence-corrected chi connectivity index (χ3v) is 8.16. The fourth-order valence-electron chi connectivity index (χ4n) is 5.95. The van der Waals surface area contributed by atoms with Crippen molar-refractivity contribution in [3.05, 3.63) is 89.7 Å². The molecule has 0 unspecified atom stereocenters. The lowest BCUT2D eigenvalue weighted by Crippen LogP contribution is -2.48. The SMILES string of the molecule is COc1ccc(CN2CCOc3ccccc3CCCCC3(CCN(C(=O)c4ccccn4)CC3)C2)cc1. The summed E-state index contributed by atoms with van der Waals surface area (Å²) in [6.07, 6.45) is 8.29. The van der Waals surface area contributed by atoms with Crippen LogP contribution in [-0.4, -0.2) is 60.6 Å². The molecule has 0 saturated carbocycles. The maximum atomic E-state index is 13.1. The highest BCUT2D eigenvalue weighted by molar-refractivity contribution is 5.92. The molecular formula is C32H39N3O3. The van der Waals surface area contributed by atoms with Crippen molar-refractivity contribution in [3.63, 3.8) is 0 Å². The number of methoxy groups -OCH3 is 1. The summed E-state index contributed by atoms with van der Waals surface area (Å²) in [4.78, 5) is 21.9. The average Bonchev–Trinajstić information content (AvgIpc) is 2.96. The number of para-hydroxylation sites is 1. The van der Waals surface area contributed by atoms with Gasteiger partial charge in [0.15, 0.2) is 0 Å². The molecule has 2 aromatic carbocycles. The smallest absolute Gasteiger partial charge is 0.272 e. The van der Waals surface area contributed by atoms with Gasteiger partial charge in [-0.2, -0.15) is 0 Å². The van der Waals surface area contributed by atoms with Crippen LogP contribution in [-0.2, 0) is 13.0 Å². The molecule has 1 aromatic heterocycles. The number of hydrogen-bond acceptors (Lipinski definition) is 5. The van der Waals surface area contributed by atoms with Gasteiger partial charge in [-0.05, 0) is 79.0 Å². The van der Waals surface area contributed by atoms with Crippen LogP contribution in [0.3, 0.4) is 0 Å². The zero-order chi connectivity index (χ0) is 26.2. The van der Waals surface area contributed by atoms with Crippen molar-refractivity contribution in [3.8, 4) is 11.5 Å². The Labute approximate surface area is 226 Å². The first kappa shape index (κ1) is 26.2. The topological polar surface area (TPSA) is 54.9 Å². The van der Waals surface area contributed by atoms with Crippen LogP contribution >= 0.6 is 0 Å². The van der Waals surface area contributed by atoms with Gasteiger partial charge in [-0.3, -0.25) is 14.7 Å². The van der Waals surface area contributed by atoms with Crippen molar-refractivity contribution in [1.82, 2.24) is 14.8 Å². The number of carbonyl (C=O) groups is 1. The second-order valence-corrected chi connectivity index (χ2v) is 10.7. The number of hydrogen-bond donors (Lipinski definition) is 0. The first-order valence-electron chi connectivity index (χ1n) is 13.9. The number of piperidine rings is 1. The van der Waals surface area contributed by atoms with E-state index in [1.54, 1.807) is 13.3 Å². The molecule has 1 fully saturated rings. The first-order valence-corrected chi connectivity index (χ1v) is 13.9. The number of aromatic nitrogens is 1. The van der Waals surface area contributed by atoms with Gasteiger partial charge in [0.2, 0.25) is 0 Å². The van der Waals surface area contributed by atoms with Crippen LogP contribution in [0.25, 0.3) is 0 Å². The Bertz CT molecular complexity index is 1170. The van der Waals surface area contributed by atoms with E-state index in [9.17, 15) is 4.79 Å². The van der Waals surface area contributed by atoms with Gasteiger partial charge in [0.25, 0.3) is 5.91 Å². The van der Waals surface area contributed by atoms with Gasteiger partial charge in [-0.25, -0.2) is 0 Å². The Morgan fingerprint density at radius 2 is 1.74 bits per heavy atom. The highest BCUT2D eigenvalue weighted by Crippen LogP contribution is 2.39. The molecule has 200 valence electrons. The Balaban J connectivity index is 1.33. The van der Waals surface area contributed by atoms with Crippen molar-refractivity contribution in [2.75, 3.05) is 39.9 Å². The molecule has 38 heavy (non-hydrogen) atoms. The molecule has 3 heterocycles. The Morgan fingerprint density at radius 3 is 2.50 bits per heavy atom. The highest BCUT2D eigenvalue weighted by atomic mass is 16.5. The van der Waals surface area contributed by atoms with Gasteiger partial charge < -0.3 is 14.4 Å².